The van der Waals surface area contributed by atoms with Crippen molar-refractivity contribution in [1.82, 2.24) is 15.1 Å². The molecular formula is C29H27ClN4O2S. The molecule has 5 rings (SSSR count). The Morgan fingerprint density at radius 3 is 2.38 bits per heavy atom. The first-order valence-corrected chi connectivity index (χ1v) is 13.5. The van der Waals surface area contributed by atoms with Gasteiger partial charge in [-0.15, -0.1) is 10.2 Å². The standard InChI is InChI=1S/C29H27ClN4O2S/c1-19(20-8-4-2-5-9-20)34(28(36)25-18-24(25)21-10-6-3-7-11-21)17-16-26(35)31-29-33-32-27(37-29)22-12-14-23(30)15-13-22/h2-15,19,24-25H,16-18H2,1H3,(H,31,33,35)/t19-,24-,25-/m0/s1. The number of nitrogens with one attached hydrogen (secondary N) is 1. The average molecular weight is 531 g/mol. The summed E-state index contributed by atoms with van der Waals surface area (Å²) in [7, 11) is 0. The normalized spacial score (nSPS) is 17.1. The van der Waals surface area contributed by atoms with Gasteiger partial charge in [0.25, 0.3) is 0 Å². The third-order valence-corrected chi connectivity index (χ3v) is 7.85. The SMILES string of the molecule is C[C@@H](c1ccccc1)N(CCC(=O)Nc1nnc(-c2ccc(Cl)cc2)s1)C(=O)[C@H]1C[C@H]1c1ccccc1. The molecule has 6 nitrogen and oxygen atoms in total. The van der Waals surface area contributed by atoms with Crippen LogP contribution >= 0.6 is 22.9 Å². The number of carbonyl (C=O) groups is 2. The van der Waals surface area contributed by atoms with Crippen molar-refractivity contribution < 1.29 is 9.59 Å². The number of anilines is 1. The van der Waals surface area contributed by atoms with Crippen molar-refractivity contribution in [2.24, 2.45) is 5.92 Å². The average Bonchev–Trinajstić information content (AvgIpc) is 3.61. The molecule has 0 spiro atoms. The van der Waals surface area contributed by atoms with Gasteiger partial charge in [-0.1, -0.05) is 95.7 Å². The Morgan fingerprint density at radius 1 is 1.00 bits per heavy atom. The second-order valence-corrected chi connectivity index (χ2v) is 10.6. The predicted molar refractivity (Wildman–Crippen MR) is 147 cm³/mol. The quantitative estimate of drug-likeness (QED) is 0.265. The van der Waals surface area contributed by atoms with E-state index in [0.29, 0.717) is 21.7 Å². The second-order valence-electron chi connectivity index (χ2n) is 9.20. The third-order valence-electron chi connectivity index (χ3n) is 6.71. The van der Waals surface area contributed by atoms with Gasteiger partial charge in [-0.3, -0.25) is 9.59 Å². The van der Waals surface area contributed by atoms with Crippen molar-refractivity contribution in [2.45, 2.75) is 31.7 Å². The van der Waals surface area contributed by atoms with Crippen molar-refractivity contribution in [1.29, 1.82) is 0 Å². The molecule has 0 aliphatic heterocycles. The van der Waals surface area contributed by atoms with E-state index in [4.69, 9.17) is 11.6 Å². The Kier molecular flexibility index (Phi) is 7.63. The lowest BCUT2D eigenvalue weighted by atomic mass is 10.0. The Morgan fingerprint density at radius 2 is 1.68 bits per heavy atom. The lowest BCUT2D eigenvalue weighted by Crippen LogP contribution is -2.37. The van der Waals surface area contributed by atoms with E-state index in [0.717, 1.165) is 17.5 Å². The first-order chi connectivity index (χ1) is 18.0. The van der Waals surface area contributed by atoms with Gasteiger partial charge in [0, 0.05) is 29.5 Å². The summed E-state index contributed by atoms with van der Waals surface area (Å²) in [4.78, 5) is 28.3. The van der Waals surface area contributed by atoms with Gasteiger partial charge in [-0.2, -0.15) is 0 Å². The molecule has 0 bridgehead atoms. The van der Waals surface area contributed by atoms with Crippen LogP contribution in [0.5, 0.6) is 0 Å². The number of aromatic nitrogens is 2. The summed E-state index contributed by atoms with van der Waals surface area (Å²) in [6, 6.07) is 27.3. The van der Waals surface area contributed by atoms with Gasteiger partial charge in [0.2, 0.25) is 16.9 Å². The summed E-state index contributed by atoms with van der Waals surface area (Å²) in [5, 5.41) is 12.9. The van der Waals surface area contributed by atoms with Gasteiger partial charge in [-0.05, 0) is 42.5 Å². The van der Waals surface area contributed by atoms with Gasteiger partial charge < -0.3 is 10.2 Å². The zero-order valence-corrected chi connectivity index (χ0v) is 22.0. The lowest BCUT2D eigenvalue weighted by molar-refractivity contribution is -0.135. The van der Waals surface area contributed by atoms with Crippen LogP contribution in [0.25, 0.3) is 10.6 Å². The van der Waals surface area contributed by atoms with Crippen LogP contribution in [0.1, 0.15) is 42.9 Å². The molecule has 188 valence electrons. The van der Waals surface area contributed by atoms with Gasteiger partial charge in [0.15, 0.2) is 0 Å². The molecular weight excluding hydrogens is 504 g/mol. The van der Waals surface area contributed by atoms with Crippen LogP contribution in [0.2, 0.25) is 5.02 Å². The van der Waals surface area contributed by atoms with Crippen molar-refractivity contribution in [2.75, 3.05) is 11.9 Å². The molecule has 3 aromatic carbocycles. The molecule has 1 aromatic heterocycles. The summed E-state index contributed by atoms with van der Waals surface area (Å²) in [6.07, 6.45) is 1.01. The molecule has 1 heterocycles. The molecule has 1 aliphatic carbocycles. The van der Waals surface area contributed by atoms with Crippen LogP contribution < -0.4 is 5.32 Å². The second kappa shape index (κ2) is 11.2. The Hall–Kier alpha value is -3.55. The Balaban J connectivity index is 1.25. The first-order valence-electron chi connectivity index (χ1n) is 12.3. The van der Waals surface area contributed by atoms with Crippen LogP contribution in [0.4, 0.5) is 5.13 Å². The van der Waals surface area contributed by atoms with Crippen molar-refractivity contribution in [3.8, 4) is 10.6 Å². The van der Waals surface area contributed by atoms with E-state index in [-0.39, 0.29) is 36.1 Å². The summed E-state index contributed by atoms with van der Waals surface area (Å²) in [6.45, 7) is 2.34. The van der Waals surface area contributed by atoms with E-state index in [1.54, 1.807) is 12.1 Å². The fourth-order valence-electron chi connectivity index (χ4n) is 4.54. The molecule has 1 aliphatic rings. The van der Waals surface area contributed by atoms with Gasteiger partial charge in [-0.25, -0.2) is 0 Å². The highest BCUT2D eigenvalue weighted by atomic mass is 35.5. The molecule has 4 aromatic rings. The van der Waals surface area contributed by atoms with E-state index in [2.05, 4.69) is 27.6 Å². The molecule has 0 radical (unpaired) electrons. The largest absolute Gasteiger partial charge is 0.335 e. The topological polar surface area (TPSA) is 75.2 Å². The fourth-order valence-corrected chi connectivity index (χ4v) is 5.43. The zero-order chi connectivity index (χ0) is 25.8. The zero-order valence-electron chi connectivity index (χ0n) is 20.4. The van der Waals surface area contributed by atoms with Crippen LogP contribution in [0, 0.1) is 5.92 Å². The van der Waals surface area contributed by atoms with Crippen molar-refractivity contribution in [3.05, 3.63) is 101 Å². The number of nitrogens with zero attached hydrogens (tertiary/aromatic N) is 3. The van der Waals surface area contributed by atoms with Crippen molar-refractivity contribution in [3.63, 3.8) is 0 Å². The Labute approximate surface area is 225 Å². The van der Waals surface area contributed by atoms with E-state index >= 15 is 0 Å². The Bertz CT molecular complexity index is 1360. The smallest absolute Gasteiger partial charge is 0.227 e. The summed E-state index contributed by atoms with van der Waals surface area (Å²) in [5.74, 6) is 0.0774. The van der Waals surface area contributed by atoms with E-state index in [9.17, 15) is 9.59 Å². The highest BCUT2D eigenvalue weighted by Crippen LogP contribution is 2.49. The maximum atomic E-state index is 13.6. The molecule has 1 N–H and O–H groups in total. The fraction of sp³-hybridized carbons (Fsp3) is 0.241. The molecule has 37 heavy (non-hydrogen) atoms. The number of hydrogen-bond donors (Lipinski definition) is 1. The number of halogens is 1. The van der Waals surface area contributed by atoms with E-state index < -0.39 is 0 Å². The van der Waals surface area contributed by atoms with Crippen LogP contribution in [0.3, 0.4) is 0 Å². The molecule has 0 unspecified atom stereocenters. The molecule has 1 saturated carbocycles. The van der Waals surface area contributed by atoms with Gasteiger partial charge in [0.1, 0.15) is 5.01 Å². The number of amides is 2. The maximum absolute atomic E-state index is 13.6. The van der Waals surface area contributed by atoms with Crippen molar-refractivity contribution >= 4 is 39.9 Å². The lowest BCUT2D eigenvalue weighted by Gasteiger charge is -2.30. The van der Waals surface area contributed by atoms with Gasteiger partial charge >= 0.3 is 0 Å². The molecule has 2 amide bonds. The van der Waals surface area contributed by atoms with E-state index in [1.165, 1.54) is 16.9 Å². The minimum Gasteiger partial charge on any atom is -0.335 e. The minimum atomic E-state index is -0.202. The molecule has 8 heteroatoms. The molecule has 0 saturated heterocycles. The highest BCUT2D eigenvalue weighted by molar-refractivity contribution is 7.18. The van der Waals surface area contributed by atoms with Crippen LogP contribution in [-0.4, -0.2) is 33.5 Å². The highest BCUT2D eigenvalue weighted by Gasteiger charge is 2.46. The summed E-state index contributed by atoms with van der Waals surface area (Å²) in [5.41, 5.74) is 3.12. The summed E-state index contributed by atoms with van der Waals surface area (Å²) < 4.78 is 0. The third kappa shape index (κ3) is 6.06. The van der Waals surface area contributed by atoms with E-state index in [1.807, 2.05) is 72.5 Å². The number of hydrogen-bond acceptors (Lipinski definition) is 5. The maximum Gasteiger partial charge on any atom is 0.227 e. The summed E-state index contributed by atoms with van der Waals surface area (Å²) >= 11 is 7.26. The molecule has 3 atom stereocenters. The van der Waals surface area contributed by atoms with Crippen LogP contribution in [-0.2, 0) is 9.59 Å². The first kappa shape index (κ1) is 25.1. The number of benzene rings is 3. The molecule has 1 fully saturated rings. The predicted octanol–water partition coefficient (Wildman–Crippen LogP) is 6.58. The number of rotatable bonds is 9. The minimum absolute atomic E-state index is 0.0540. The number of carbonyl (C=O) groups excluding carboxylic acids is 2. The van der Waals surface area contributed by atoms with Gasteiger partial charge in [0.05, 0.1) is 6.04 Å². The van der Waals surface area contributed by atoms with Crippen LogP contribution in [0.15, 0.2) is 84.9 Å². The monoisotopic (exact) mass is 530 g/mol.